The highest BCUT2D eigenvalue weighted by atomic mass is 32.1. The highest BCUT2D eigenvalue weighted by Gasteiger charge is 2.28. The zero-order valence-electron chi connectivity index (χ0n) is 15.9. The summed E-state index contributed by atoms with van der Waals surface area (Å²) in [6.45, 7) is 5.56. The molecule has 1 N–H and O–H groups in total. The number of rotatable bonds is 5. The van der Waals surface area contributed by atoms with Crippen molar-refractivity contribution in [2.45, 2.75) is 33.2 Å². The Morgan fingerprint density at radius 3 is 3.00 bits per heavy atom. The van der Waals surface area contributed by atoms with Crippen LogP contribution in [0.25, 0.3) is 11.3 Å². The van der Waals surface area contributed by atoms with E-state index >= 15 is 0 Å². The van der Waals surface area contributed by atoms with Gasteiger partial charge in [0.1, 0.15) is 5.01 Å². The summed E-state index contributed by atoms with van der Waals surface area (Å²) in [4.78, 5) is 23.5. The van der Waals surface area contributed by atoms with Gasteiger partial charge in [0.2, 0.25) is 11.8 Å². The number of aryl methyl sites for hydroxylation is 2. The molecule has 4 rings (SSSR count). The van der Waals surface area contributed by atoms with Crippen molar-refractivity contribution in [3.63, 3.8) is 0 Å². The van der Waals surface area contributed by atoms with E-state index < -0.39 is 0 Å². The van der Waals surface area contributed by atoms with Gasteiger partial charge in [-0.2, -0.15) is 0 Å². The molecule has 1 aliphatic heterocycles. The van der Waals surface area contributed by atoms with Crippen LogP contribution in [0, 0.1) is 19.8 Å². The number of anilines is 1. The number of nitrogens with one attached hydrogen (secondary N) is 1. The summed E-state index contributed by atoms with van der Waals surface area (Å²) in [5.74, 6) is 0.473. The van der Waals surface area contributed by atoms with Gasteiger partial charge in [0, 0.05) is 42.8 Å². The van der Waals surface area contributed by atoms with Crippen LogP contribution in [-0.4, -0.2) is 39.2 Å². The summed E-state index contributed by atoms with van der Waals surface area (Å²) in [6, 6.07) is 4.47. The molecule has 0 radical (unpaired) electrons. The number of aromatic nitrogens is 4. The maximum Gasteiger partial charge on any atom is 0.318 e. The lowest BCUT2D eigenvalue weighted by molar-refractivity contribution is -0.125. The summed E-state index contributed by atoms with van der Waals surface area (Å²) in [7, 11) is 0. The summed E-state index contributed by atoms with van der Waals surface area (Å²) >= 11 is 1.54. The average molecular weight is 398 g/mol. The minimum Gasteiger partial charge on any atom is -0.408 e. The van der Waals surface area contributed by atoms with E-state index in [9.17, 15) is 4.79 Å². The van der Waals surface area contributed by atoms with Crippen LogP contribution in [0.1, 0.15) is 29.4 Å². The molecule has 0 bridgehead atoms. The maximum atomic E-state index is 12.6. The molecule has 1 amide bonds. The van der Waals surface area contributed by atoms with Gasteiger partial charge in [-0.05, 0) is 31.9 Å². The normalized spacial score (nSPS) is 16.9. The van der Waals surface area contributed by atoms with Crippen molar-refractivity contribution in [1.29, 1.82) is 0 Å². The molecule has 1 aliphatic rings. The number of hydrogen-bond acceptors (Lipinski definition) is 8. The number of hydrogen-bond donors (Lipinski definition) is 1. The fourth-order valence-corrected chi connectivity index (χ4v) is 3.97. The zero-order valence-corrected chi connectivity index (χ0v) is 16.7. The van der Waals surface area contributed by atoms with Crippen molar-refractivity contribution in [2.24, 2.45) is 5.92 Å². The molecule has 0 aliphatic carbocycles. The third kappa shape index (κ3) is 4.19. The molecule has 1 saturated heterocycles. The Balaban J connectivity index is 1.33. The van der Waals surface area contributed by atoms with Crippen molar-refractivity contribution < 1.29 is 9.21 Å². The van der Waals surface area contributed by atoms with E-state index in [1.165, 1.54) is 0 Å². The SMILES string of the molecule is Cc1ccc(-c2csc(CNC(=O)[C@H]3CCCN(c4nnc(C)o4)C3)n2)cn1. The van der Waals surface area contributed by atoms with Gasteiger partial charge in [-0.25, -0.2) is 4.98 Å². The summed E-state index contributed by atoms with van der Waals surface area (Å²) in [5, 5.41) is 13.8. The number of pyridine rings is 1. The number of carbonyl (C=O) groups is 1. The molecule has 28 heavy (non-hydrogen) atoms. The van der Waals surface area contributed by atoms with Gasteiger partial charge in [-0.1, -0.05) is 5.10 Å². The van der Waals surface area contributed by atoms with Gasteiger partial charge >= 0.3 is 6.01 Å². The van der Waals surface area contributed by atoms with E-state index in [0.29, 0.717) is 25.0 Å². The zero-order chi connectivity index (χ0) is 19.5. The van der Waals surface area contributed by atoms with Crippen molar-refractivity contribution >= 4 is 23.3 Å². The summed E-state index contributed by atoms with van der Waals surface area (Å²) in [6.07, 6.45) is 3.59. The Hall–Kier alpha value is -2.81. The monoisotopic (exact) mass is 398 g/mol. The second kappa shape index (κ2) is 8.05. The molecule has 9 heteroatoms. The Labute approximate surface area is 167 Å². The standard InChI is InChI=1S/C19H22N6O2S/c1-12-5-6-14(8-20-12)16-11-28-17(22-16)9-21-18(26)15-4-3-7-25(10-15)19-24-23-13(2)27-19/h5-6,8,11,15H,3-4,7,9-10H2,1-2H3,(H,21,26)/t15-/m0/s1. The van der Waals surface area contributed by atoms with E-state index in [1.807, 2.05) is 35.5 Å². The lowest BCUT2D eigenvalue weighted by Crippen LogP contribution is -2.43. The molecular weight excluding hydrogens is 376 g/mol. The maximum absolute atomic E-state index is 12.6. The van der Waals surface area contributed by atoms with Gasteiger partial charge in [-0.3, -0.25) is 9.78 Å². The lowest BCUT2D eigenvalue weighted by atomic mass is 9.97. The number of thiazole rings is 1. The number of piperidine rings is 1. The molecule has 3 aromatic heterocycles. The minimum atomic E-state index is -0.0957. The summed E-state index contributed by atoms with van der Waals surface area (Å²) in [5.41, 5.74) is 2.85. The van der Waals surface area contributed by atoms with Gasteiger partial charge < -0.3 is 14.6 Å². The van der Waals surface area contributed by atoms with Crippen molar-refractivity contribution in [1.82, 2.24) is 25.5 Å². The second-order valence-electron chi connectivity index (χ2n) is 6.92. The van der Waals surface area contributed by atoms with E-state index in [2.05, 4.69) is 25.5 Å². The number of nitrogens with zero attached hydrogens (tertiary/aromatic N) is 5. The molecule has 0 aromatic carbocycles. The molecule has 0 unspecified atom stereocenters. The third-order valence-corrected chi connectivity index (χ3v) is 5.60. The lowest BCUT2D eigenvalue weighted by Gasteiger charge is -2.30. The highest BCUT2D eigenvalue weighted by molar-refractivity contribution is 7.09. The van der Waals surface area contributed by atoms with Crippen LogP contribution in [0.4, 0.5) is 6.01 Å². The first-order chi connectivity index (χ1) is 13.6. The molecule has 4 heterocycles. The molecule has 0 spiro atoms. The van der Waals surface area contributed by atoms with E-state index in [0.717, 1.165) is 41.3 Å². The van der Waals surface area contributed by atoms with Crippen LogP contribution >= 0.6 is 11.3 Å². The largest absolute Gasteiger partial charge is 0.408 e. The molecule has 8 nitrogen and oxygen atoms in total. The third-order valence-electron chi connectivity index (χ3n) is 4.75. The van der Waals surface area contributed by atoms with Crippen molar-refractivity contribution in [3.05, 3.63) is 40.3 Å². The molecule has 146 valence electrons. The van der Waals surface area contributed by atoms with Crippen molar-refractivity contribution in [2.75, 3.05) is 18.0 Å². The first-order valence-corrected chi connectivity index (χ1v) is 10.2. The number of carbonyl (C=O) groups excluding carboxylic acids is 1. The van der Waals surface area contributed by atoms with Gasteiger partial charge in [-0.15, -0.1) is 16.4 Å². The fourth-order valence-electron chi connectivity index (χ4n) is 3.23. The smallest absolute Gasteiger partial charge is 0.318 e. The predicted molar refractivity (Wildman–Crippen MR) is 106 cm³/mol. The Kier molecular flexibility index (Phi) is 5.34. The second-order valence-corrected chi connectivity index (χ2v) is 7.86. The molecule has 3 aromatic rings. The van der Waals surface area contributed by atoms with Crippen LogP contribution in [-0.2, 0) is 11.3 Å². The molecule has 1 atom stereocenters. The van der Waals surface area contributed by atoms with E-state index in [-0.39, 0.29) is 11.8 Å². The van der Waals surface area contributed by atoms with E-state index in [1.54, 1.807) is 18.3 Å². The minimum absolute atomic E-state index is 0.0367. The van der Waals surface area contributed by atoms with Crippen molar-refractivity contribution in [3.8, 4) is 11.3 Å². The predicted octanol–water partition coefficient (Wildman–Crippen LogP) is 2.74. The fraction of sp³-hybridized carbons (Fsp3) is 0.421. The Bertz CT molecular complexity index is 952. The topological polar surface area (TPSA) is 97.0 Å². The Morgan fingerprint density at radius 2 is 2.25 bits per heavy atom. The van der Waals surface area contributed by atoms with Crippen LogP contribution in [0.3, 0.4) is 0 Å². The van der Waals surface area contributed by atoms with Crippen LogP contribution in [0.2, 0.25) is 0 Å². The molecule has 0 saturated carbocycles. The first kappa shape index (κ1) is 18.5. The van der Waals surface area contributed by atoms with Crippen LogP contribution < -0.4 is 10.2 Å². The molecular formula is C19H22N6O2S. The summed E-state index contributed by atoms with van der Waals surface area (Å²) < 4.78 is 5.49. The first-order valence-electron chi connectivity index (χ1n) is 9.28. The van der Waals surface area contributed by atoms with Gasteiger partial charge in [0.05, 0.1) is 18.2 Å². The van der Waals surface area contributed by atoms with Crippen LogP contribution in [0.5, 0.6) is 0 Å². The van der Waals surface area contributed by atoms with Crippen LogP contribution in [0.15, 0.2) is 28.1 Å². The highest BCUT2D eigenvalue weighted by Crippen LogP contribution is 2.23. The average Bonchev–Trinajstić information content (AvgIpc) is 3.36. The van der Waals surface area contributed by atoms with E-state index in [4.69, 9.17) is 4.42 Å². The Morgan fingerprint density at radius 1 is 1.36 bits per heavy atom. The quantitative estimate of drug-likeness (QED) is 0.706. The van der Waals surface area contributed by atoms with Gasteiger partial charge in [0.25, 0.3) is 0 Å². The van der Waals surface area contributed by atoms with Gasteiger partial charge in [0.15, 0.2) is 0 Å². The molecule has 1 fully saturated rings. The number of amides is 1.